The van der Waals surface area contributed by atoms with Crippen LogP contribution in [0.5, 0.6) is 0 Å². The predicted octanol–water partition coefficient (Wildman–Crippen LogP) is 0.973. The van der Waals surface area contributed by atoms with Crippen molar-refractivity contribution in [3.63, 3.8) is 0 Å². The van der Waals surface area contributed by atoms with Gasteiger partial charge in [0.2, 0.25) is 0 Å². The van der Waals surface area contributed by atoms with Crippen LogP contribution in [0.2, 0.25) is 0 Å². The predicted molar refractivity (Wildman–Crippen MR) is 50.9 cm³/mol. The van der Waals surface area contributed by atoms with E-state index in [9.17, 15) is 0 Å². The zero-order valence-corrected chi connectivity index (χ0v) is 7.07. The van der Waals surface area contributed by atoms with Crippen molar-refractivity contribution < 1.29 is 0 Å². The van der Waals surface area contributed by atoms with Gasteiger partial charge in [-0.1, -0.05) is 18.2 Å². The van der Waals surface area contributed by atoms with Crippen LogP contribution in [0.1, 0.15) is 5.56 Å². The Bertz CT molecular complexity index is 430. The molecule has 2 aromatic rings. The summed E-state index contributed by atoms with van der Waals surface area (Å²) < 4.78 is 0. The third kappa shape index (κ3) is 1.38. The van der Waals surface area contributed by atoms with Crippen molar-refractivity contribution in [3.8, 4) is 0 Å². The first kappa shape index (κ1) is 7.79. The first-order valence-corrected chi connectivity index (χ1v) is 4.07. The summed E-state index contributed by atoms with van der Waals surface area (Å²) >= 11 is 0. The number of rotatable bonds is 2. The summed E-state index contributed by atoms with van der Waals surface area (Å²) in [5.41, 5.74) is 8.21. The molecule has 66 valence electrons. The number of benzene rings is 1. The Morgan fingerprint density at radius 3 is 3.15 bits per heavy atom. The van der Waals surface area contributed by atoms with E-state index in [0.717, 1.165) is 23.0 Å². The number of aromatic nitrogens is 3. The van der Waals surface area contributed by atoms with Crippen molar-refractivity contribution in [2.24, 2.45) is 5.73 Å². The minimum atomic E-state index is 0.792. The van der Waals surface area contributed by atoms with E-state index < -0.39 is 0 Å². The molecular weight excluding hydrogens is 164 g/mol. The van der Waals surface area contributed by atoms with Gasteiger partial charge in [-0.3, -0.25) is 0 Å². The summed E-state index contributed by atoms with van der Waals surface area (Å²) in [7, 11) is 0. The number of hydrogen-bond donors (Lipinski definition) is 2. The van der Waals surface area contributed by atoms with Crippen molar-refractivity contribution in [1.29, 1.82) is 0 Å². The fourth-order valence-electron chi connectivity index (χ4n) is 1.29. The molecule has 13 heavy (non-hydrogen) atoms. The number of nitrogens with two attached hydrogens (primary N) is 1. The van der Waals surface area contributed by atoms with E-state index in [1.54, 1.807) is 6.20 Å². The van der Waals surface area contributed by atoms with E-state index in [0.29, 0.717) is 0 Å². The molecule has 0 aliphatic carbocycles. The maximum absolute atomic E-state index is 5.27. The lowest BCUT2D eigenvalue weighted by Crippen LogP contribution is -1.85. The van der Waals surface area contributed by atoms with Gasteiger partial charge >= 0.3 is 0 Å². The smallest absolute Gasteiger partial charge is 0.116 e. The van der Waals surface area contributed by atoms with Crippen LogP contribution in [0.25, 0.3) is 11.0 Å². The summed E-state index contributed by atoms with van der Waals surface area (Å²) in [5, 5.41) is 10.7. The molecule has 0 fully saturated rings. The Hall–Kier alpha value is -1.84. The van der Waals surface area contributed by atoms with Gasteiger partial charge in [-0.2, -0.15) is 15.4 Å². The van der Waals surface area contributed by atoms with E-state index in [-0.39, 0.29) is 0 Å². The second kappa shape index (κ2) is 3.26. The molecule has 0 atom stereocenters. The van der Waals surface area contributed by atoms with Crippen LogP contribution in [-0.4, -0.2) is 15.4 Å². The van der Waals surface area contributed by atoms with Crippen molar-refractivity contribution in [2.75, 3.05) is 0 Å². The third-order valence-electron chi connectivity index (χ3n) is 1.90. The molecule has 1 aromatic carbocycles. The first-order chi connectivity index (χ1) is 6.42. The Balaban J connectivity index is 2.48. The SMILES string of the molecule is NC=CCc1cccc2n[nH]nc12. The Morgan fingerprint density at radius 1 is 1.38 bits per heavy atom. The van der Waals surface area contributed by atoms with E-state index in [1.807, 2.05) is 24.3 Å². The number of aromatic amines is 1. The average molecular weight is 174 g/mol. The van der Waals surface area contributed by atoms with Gasteiger partial charge in [0.05, 0.1) is 0 Å². The molecule has 0 spiro atoms. The van der Waals surface area contributed by atoms with Crippen LogP contribution in [0.15, 0.2) is 30.5 Å². The third-order valence-corrected chi connectivity index (χ3v) is 1.90. The normalized spacial score (nSPS) is 11.4. The highest BCUT2D eigenvalue weighted by molar-refractivity contribution is 5.77. The molecule has 0 unspecified atom stereocenters. The number of fused-ring (bicyclic) bond motifs is 1. The summed E-state index contributed by atoms with van der Waals surface area (Å²) in [6, 6.07) is 5.91. The van der Waals surface area contributed by atoms with Crippen LogP contribution in [-0.2, 0) is 6.42 Å². The number of hydrogen-bond acceptors (Lipinski definition) is 3. The maximum atomic E-state index is 5.27. The van der Waals surface area contributed by atoms with E-state index in [4.69, 9.17) is 5.73 Å². The van der Waals surface area contributed by atoms with Gasteiger partial charge in [0.1, 0.15) is 11.0 Å². The van der Waals surface area contributed by atoms with Crippen molar-refractivity contribution in [3.05, 3.63) is 36.0 Å². The summed E-state index contributed by atoms with van der Waals surface area (Å²) in [6.45, 7) is 0. The zero-order valence-electron chi connectivity index (χ0n) is 7.07. The highest BCUT2D eigenvalue weighted by Gasteiger charge is 2.01. The molecule has 2 rings (SSSR count). The fourth-order valence-corrected chi connectivity index (χ4v) is 1.29. The van der Waals surface area contributed by atoms with Gasteiger partial charge in [-0.05, 0) is 24.3 Å². The molecule has 0 radical (unpaired) electrons. The second-order valence-electron chi connectivity index (χ2n) is 2.74. The number of para-hydroxylation sites is 1. The van der Waals surface area contributed by atoms with Crippen molar-refractivity contribution >= 4 is 11.0 Å². The average Bonchev–Trinajstić information content (AvgIpc) is 2.62. The molecule has 4 nitrogen and oxygen atoms in total. The minimum Gasteiger partial charge on any atom is -0.405 e. The zero-order chi connectivity index (χ0) is 9.10. The van der Waals surface area contributed by atoms with Crippen LogP contribution in [0.4, 0.5) is 0 Å². The lowest BCUT2D eigenvalue weighted by molar-refractivity contribution is 0.957. The Morgan fingerprint density at radius 2 is 2.31 bits per heavy atom. The lowest BCUT2D eigenvalue weighted by Gasteiger charge is -1.95. The summed E-state index contributed by atoms with van der Waals surface area (Å²) in [4.78, 5) is 0. The second-order valence-corrected chi connectivity index (χ2v) is 2.74. The summed E-state index contributed by atoms with van der Waals surface area (Å²) in [5.74, 6) is 0. The van der Waals surface area contributed by atoms with Crippen molar-refractivity contribution in [2.45, 2.75) is 6.42 Å². The number of allylic oxidation sites excluding steroid dienone is 1. The molecule has 0 saturated heterocycles. The molecule has 0 aliphatic heterocycles. The van der Waals surface area contributed by atoms with Gasteiger partial charge in [0.15, 0.2) is 0 Å². The molecule has 4 heteroatoms. The molecular formula is C9H10N4. The highest BCUT2D eigenvalue weighted by Crippen LogP contribution is 2.13. The number of nitrogens with one attached hydrogen (secondary N) is 1. The van der Waals surface area contributed by atoms with Crippen molar-refractivity contribution in [1.82, 2.24) is 15.4 Å². The standard InChI is InChI=1S/C9H10N4/c10-6-2-4-7-3-1-5-8-9(7)12-13-11-8/h1-3,5-6H,4,10H2,(H,11,12,13). The van der Waals surface area contributed by atoms with E-state index >= 15 is 0 Å². The molecule has 0 aliphatic rings. The van der Waals surface area contributed by atoms with Crippen LogP contribution >= 0.6 is 0 Å². The van der Waals surface area contributed by atoms with Gasteiger partial charge in [0, 0.05) is 0 Å². The minimum absolute atomic E-state index is 0.792. The Labute approximate surface area is 75.4 Å². The topological polar surface area (TPSA) is 67.6 Å². The maximum Gasteiger partial charge on any atom is 0.116 e. The first-order valence-electron chi connectivity index (χ1n) is 4.07. The molecule has 0 amide bonds. The van der Waals surface area contributed by atoms with E-state index in [2.05, 4.69) is 15.4 Å². The molecule has 1 aromatic heterocycles. The molecule has 0 bridgehead atoms. The quantitative estimate of drug-likeness (QED) is 0.712. The molecule has 1 heterocycles. The van der Waals surface area contributed by atoms with Crippen LogP contribution in [0, 0.1) is 0 Å². The monoisotopic (exact) mass is 174 g/mol. The fraction of sp³-hybridized carbons (Fsp3) is 0.111. The van der Waals surface area contributed by atoms with Gasteiger partial charge in [-0.25, -0.2) is 0 Å². The summed E-state index contributed by atoms with van der Waals surface area (Å²) in [6.07, 6.45) is 4.22. The van der Waals surface area contributed by atoms with Crippen LogP contribution in [0.3, 0.4) is 0 Å². The van der Waals surface area contributed by atoms with Gasteiger partial charge < -0.3 is 5.73 Å². The van der Waals surface area contributed by atoms with Gasteiger partial charge in [0.25, 0.3) is 0 Å². The number of nitrogens with zero attached hydrogens (tertiary/aromatic N) is 2. The van der Waals surface area contributed by atoms with E-state index in [1.165, 1.54) is 0 Å². The van der Waals surface area contributed by atoms with Crippen LogP contribution < -0.4 is 5.73 Å². The number of H-pyrrole nitrogens is 1. The Kier molecular flexibility index (Phi) is 1.96. The lowest BCUT2D eigenvalue weighted by atomic mass is 10.1. The molecule has 0 saturated carbocycles. The van der Waals surface area contributed by atoms with Gasteiger partial charge in [-0.15, -0.1) is 0 Å². The largest absolute Gasteiger partial charge is 0.405 e. The highest BCUT2D eigenvalue weighted by atomic mass is 15.3. The molecule has 3 N–H and O–H groups in total.